The van der Waals surface area contributed by atoms with Crippen molar-refractivity contribution < 1.29 is 0 Å². The first-order valence-corrected chi connectivity index (χ1v) is 6.41. The summed E-state index contributed by atoms with van der Waals surface area (Å²) in [5.74, 6) is 0. The largest absolute Gasteiger partial charge is 0.306 e. The molecule has 0 unspecified atom stereocenters. The number of hydrogen-bond acceptors (Lipinski definition) is 3. The van der Waals surface area contributed by atoms with Gasteiger partial charge in [0.2, 0.25) is 0 Å². The number of nitrogens with one attached hydrogen (secondary N) is 1. The van der Waals surface area contributed by atoms with E-state index in [-0.39, 0.29) is 0 Å². The average molecular weight is 247 g/mol. The Kier molecular flexibility index (Phi) is 4.15. The van der Waals surface area contributed by atoms with Crippen molar-refractivity contribution in [2.75, 3.05) is 0 Å². The molecular weight excluding hydrogens is 226 g/mol. The van der Waals surface area contributed by atoms with Gasteiger partial charge in [-0.3, -0.25) is 9.36 Å². The Hall–Kier alpha value is -1.62. The molecular formula is C13H21N5. The van der Waals surface area contributed by atoms with E-state index in [2.05, 4.69) is 33.2 Å². The van der Waals surface area contributed by atoms with Gasteiger partial charge in [0.25, 0.3) is 0 Å². The van der Waals surface area contributed by atoms with Crippen LogP contribution in [0.1, 0.15) is 30.4 Å². The van der Waals surface area contributed by atoms with Crippen molar-refractivity contribution in [2.24, 2.45) is 7.05 Å². The molecule has 0 atom stereocenters. The minimum atomic E-state index is 0.826. The number of hydrogen-bond donors (Lipinski definition) is 1. The van der Waals surface area contributed by atoms with Crippen LogP contribution in [-0.4, -0.2) is 19.6 Å². The molecule has 2 heterocycles. The van der Waals surface area contributed by atoms with Crippen molar-refractivity contribution >= 4 is 0 Å². The summed E-state index contributed by atoms with van der Waals surface area (Å²) in [4.78, 5) is 0. The Bertz CT molecular complexity index is 497. The normalized spacial score (nSPS) is 11.1. The summed E-state index contributed by atoms with van der Waals surface area (Å²) in [7, 11) is 1.96. The lowest BCUT2D eigenvalue weighted by Gasteiger charge is -2.07. The highest BCUT2D eigenvalue weighted by Gasteiger charge is 2.05. The van der Waals surface area contributed by atoms with Crippen molar-refractivity contribution in [3.63, 3.8) is 0 Å². The molecule has 0 saturated carbocycles. The van der Waals surface area contributed by atoms with E-state index >= 15 is 0 Å². The summed E-state index contributed by atoms with van der Waals surface area (Å²) in [5.41, 5.74) is 3.52. The Labute approximate surface area is 108 Å². The molecule has 5 heteroatoms. The molecule has 1 N–H and O–H groups in total. The molecule has 0 spiro atoms. The van der Waals surface area contributed by atoms with Crippen LogP contribution in [0.4, 0.5) is 0 Å². The molecule has 0 aliphatic rings. The van der Waals surface area contributed by atoms with E-state index in [4.69, 9.17) is 0 Å². The topological polar surface area (TPSA) is 47.7 Å². The molecule has 98 valence electrons. The van der Waals surface area contributed by atoms with Gasteiger partial charge >= 0.3 is 0 Å². The smallest absolute Gasteiger partial charge is 0.0597 e. The van der Waals surface area contributed by atoms with Crippen LogP contribution in [0.5, 0.6) is 0 Å². The van der Waals surface area contributed by atoms with Crippen LogP contribution in [0.3, 0.4) is 0 Å². The molecule has 0 aliphatic heterocycles. The first kappa shape index (κ1) is 12.8. The lowest BCUT2D eigenvalue weighted by Crippen LogP contribution is -2.18. The quantitative estimate of drug-likeness (QED) is 0.844. The fourth-order valence-electron chi connectivity index (χ4n) is 2.04. The molecule has 2 aromatic heterocycles. The molecule has 0 fully saturated rings. The van der Waals surface area contributed by atoms with Crippen molar-refractivity contribution in [2.45, 2.75) is 39.9 Å². The Balaban J connectivity index is 1.92. The first-order valence-electron chi connectivity index (χ1n) is 6.41. The molecule has 18 heavy (non-hydrogen) atoms. The van der Waals surface area contributed by atoms with Crippen molar-refractivity contribution in [3.05, 3.63) is 35.4 Å². The van der Waals surface area contributed by atoms with E-state index in [9.17, 15) is 0 Å². The van der Waals surface area contributed by atoms with E-state index < -0.39 is 0 Å². The van der Waals surface area contributed by atoms with Crippen molar-refractivity contribution in [3.8, 4) is 0 Å². The third-order valence-corrected chi connectivity index (χ3v) is 2.96. The fourth-order valence-corrected chi connectivity index (χ4v) is 2.04. The van der Waals surface area contributed by atoms with Crippen molar-refractivity contribution in [1.82, 2.24) is 24.9 Å². The van der Waals surface area contributed by atoms with Crippen LogP contribution in [-0.2, 0) is 26.7 Å². The molecule has 0 aliphatic carbocycles. The second-order valence-electron chi connectivity index (χ2n) is 4.55. The van der Waals surface area contributed by atoms with Crippen LogP contribution in [0.25, 0.3) is 0 Å². The summed E-state index contributed by atoms with van der Waals surface area (Å²) in [6.45, 7) is 6.86. The predicted octanol–water partition coefficient (Wildman–Crippen LogP) is 1.62. The third-order valence-electron chi connectivity index (χ3n) is 2.96. The van der Waals surface area contributed by atoms with E-state index in [1.807, 2.05) is 30.9 Å². The third kappa shape index (κ3) is 2.98. The maximum atomic E-state index is 4.49. The zero-order chi connectivity index (χ0) is 13.0. The van der Waals surface area contributed by atoms with Gasteiger partial charge in [0, 0.05) is 32.9 Å². The van der Waals surface area contributed by atoms with Gasteiger partial charge < -0.3 is 5.32 Å². The highest BCUT2D eigenvalue weighted by Crippen LogP contribution is 2.05. The summed E-state index contributed by atoms with van der Waals surface area (Å²) < 4.78 is 3.98. The van der Waals surface area contributed by atoms with Crippen LogP contribution in [0, 0.1) is 6.92 Å². The van der Waals surface area contributed by atoms with Crippen LogP contribution in [0.2, 0.25) is 0 Å². The molecule has 0 bridgehead atoms. The number of nitrogens with zero attached hydrogens (tertiary/aromatic N) is 4. The van der Waals surface area contributed by atoms with E-state index in [1.165, 1.54) is 11.4 Å². The molecule has 2 rings (SSSR count). The number of aryl methyl sites for hydroxylation is 3. The van der Waals surface area contributed by atoms with Gasteiger partial charge in [-0.2, -0.15) is 10.2 Å². The summed E-state index contributed by atoms with van der Waals surface area (Å²) in [6.07, 6.45) is 2.93. The van der Waals surface area contributed by atoms with E-state index in [0.29, 0.717) is 0 Å². The zero-order valence-electron chi connectivity index (χ0n) is 11.3. The fraction of sp³-hybridized carbons (Fsp3) is 0.538. The monoisotopic (exact) mass is 247 g/mol. The predicted molar refractivity (Wildman–Crippen MR) is 71.0 cm³/mol. The Morgan fingerprint density at radius 3 is 2.72 bits per heavy atom. The van der Waals surface area contributed by atoms with Gasteiger partial charge in [0.1, 0.15) is 0 Å². The molecule has 5 nitrogen and oxygen atoms in total. The summed E-state index contributed by atoms with van der Waals surface area (Å²) >= 11 is 0. The molecule has 0 saturated heterocycles. The Morgan fingerprint density at radius 2 is 2.06 bits per heavy atom. The number of aromatic nitrogens is 4. The maximum Gasteiger partial charge on any atom is 0.0597 e. The lowest BCUT2D eigenvalue weighted by atomic mass is 10.3. The summed E-state index contributed by atoms with van der Waals surface area (Å²) in [5, 5.41) is 12.1. The van der Waals surface area contributed by atoms with Gasteiger partial charge in [0.15, 0.2) is 0 Å². The summed E-state index contributed by atoms with van der Waals surface area (Å²) in [6, 6.07) is 4.17. The molecule has 0 radical (unpaired) electrons. The van der Waals surface area contributed by atoms with Crippen LogP contribution < -0.4 is 5.32 Å². The van der Waals surface area contributed by atoms with Gasteiger partial charge in [-0.15, -0.1) is 0 Å². The number of rotatable bonds is 6. The Morgan fingerprint density at radius 1 is 1.28 bits per heavy atom. The average Bonchev–Trinajstić information content (AvgIpc) is 2.87. The van der Waals surface area contributed by atoms with Gasteiger partial charge in [-0.1, -0.05) is 6.92 Å². The van der Waals surface area contributed by atoms with E-state index in [0.717, 1.165) is 31.7 Å². The van der Waals surface area contributed by atoms with Gasteiger partial charge in [0.05, 0.1) is 17.1 Å². The first-order chi connectivity index (χ1) is 8.70. The second-order valence-corrected chi connectivity index (χ2v) is 4.55. The zero-order valence-corrected chi connectivity index (χ0v) is 11.3. The molecule has 2 aromatic rings. The highest BCUT2D eigenvalue weighted by atomic mass is 15.3. The van der Waals surface area contributed by atoms with Crippen LogP contribution in [0.15, 0.2) is 18.3 Å². The van der Waals surface area contributed by atoms with Gasteiger partial charge in [-0.25, -0.2) is 0 Å². The van der Waals surface area contributed by atoms with Crippen molar-refractivity contribution in [1.29, 1.82) is 0 Å². The SMILES string of the molecule is CCCn1nc(C)cc1CNCc1ccnn1C. The van der Waals surface area contributed by atoms with Crippen LogP contribution >= 0.6 is 0 Å². The lowest BCUT2D eigenvalue weighted by molar-refractivity contribution is 0.540. The molecule has 0 amide bonds. The maximum absolute atomic E-state index is 4.49. The minimum absolute atomic E-state index is 0.826. The second kappa shape index (κ2) is 5.82. The highest BCUT2D eigenvalue weighted by molar-refractivity contribution is 5.09. The van der Waals surface area contributed by atoms with Gasteiger partial charge in [-0.05, 0) is 25.5 Å². The standard InChI is InChI=1S/C13H21N5/c1-4-7-18-13(8-11(2)16-18)10-14-9-12-5-6-15-17(12)3/h5-6,8,14H,4,7,9-10H2,1-3H3. The molecule has 0 aromatic carbocycles. The van der Waals surface area contributed by atoms with E-state index in [1.54, 1.807) is 0 Å². The minimum Gasteiger partial charge on any atom is -0.306 e.